The van der Waals surface area contributed by atoms with Gasteiger partial charge in [-0.3, -0.25) is 4.79 Å². The maximum absolute atomic E-state index is 13.4. The van der Waals surface area contributed by atoms with Crippen molar-refractivity contribution in [1.82, 2.24) is 19.6 Å². The summed E-state index contributed by atoms with van der Waals surface area (Å²) in [5.41, 5.74) is 3.45. The van der Waals surface area contributed by atoms with E-state index in [2.05, 4.69) is 23.9 Å². The number of rotatable bonds is 2. The van der Waals surface area contributed by atoms with Gasteiger partial charge in [-0.2, -0.15) is 0 Å². The second-order valence-electron chi connectivity index (χ2n) is 9.51. The predicted octanol–water partition coefficient (Wildman–Crippen LogP) is 6.27. The van der Waals surface area contributed by atoms with Gasteiger partial charge in [-0.25, -0.2) is 14.5 Å². The molecule has 2 aromatic heterocycles. The maximum atomic E-state index is 13.4. The molecule has 34 heavy (non-hydrogen) atoms. The van der Waals surface area contributed by atoms with Crippen molar-refractivity contribution in [3.63, 3.8) is 0 Å². The highest BCUT2D eigenvalue weighted by Gasteiger charge is 2.43. The van der Waals surface area contributed by atoms with E-state index >= 15 is 0 Å². The molecule has 0 N–H and O–H groups in total. The lowest BCUT2D eigenvalue weighted by atomic mass is 9.70. The highest BCUT2D eigenvalue weighted by Crippen LogP contribution is 2.50. The molecule has 0 saturated heterocycles. The third kappa shape index (κ3) is 3.40. The van der Waals surface area contributed by atoms with Crippen LogP contribution in [0, 0.1) is 5.41 Å². The molecule has 6 nitrogen and oxygen atoms in total. The van der Waals surface area contributed by atoms with Crippen LogP contribution in [0.2, 0.25) is 10.0 Å². The van der Waals surface area contributed by atoms with Crippen LogP contribution in [0.3, 0.4) is 0 Å². The second kappa shape index (κ2) is 7.65. The molecule has 2 aromatic carbocycles. The summed E-state index contributed by atoms with van der Waals surface area (Å²) >= 11 is 12.5. The van der Waals surface area contributed by atoms with Crippen LogP contribution < -0.4 is 4.74 Å². The first kappa shape index (κ1) is 21.3. The number of aromatic nitrogens is 4. The molecule has 1 atom stereocenters. The number of ketones is 1. The van der Waals surface area contributed by atoms with Crippen molar-refractivity contribution in [2.75, 3.05) is 0 Å². The summed E-state index contributed by atoms with van der Waals surface area (Å²) in [4.78, 5) is 22.8. The van der Waals surface area contributed by atoms with E-state index in [0.717, 1.165) is 11.1 Å². The van der Waals surface area contributed by atoms with Crippen LogP contribution in [-0.4, -0.2) is 25.4 Å². The van der Waals surface area contributed by atoms with Crippen molar-refractivity contribution in [1.29, 1.82) is 0 Å². The van der Waals surface area contributed by atoms with Crippen molar-refractivity contribution >= 4 is 34.6 Å². The predicted molar refractivity (Wildman–Crippen MR) is 130 cm³/mol. The summed E-state index contributed by atoms with van der Waals surface area (Å²) in [5, 5.41) is 5.60. The Kier molecular flexibility index (Phi) is 4.80. The highest BCUT2D eigenvalue weighted by molar-refractivity contribution is 6.36. The molecule has 0 bridgehead atoms. The Morgan fingerprint density at radius 1 is 1.09 bits per heavy atom. The number of carbonyl (C=O) groups excluding carboxylic acids is 1. The van der Waals surface area contributed by atoms with E-state index in [-0.39, 0.29) is 17.1 Å². The molecule has 0 fully saturated rings. The standard InChI is InChI=1S/C26H20Cl2N4O2/c1-26(2)11-18(33)21-19(12-26)34-25-22(20(21)14-6-4-3-5-7-14)24-30-23(31-32(24)13-29-25)16-9-8-15(27)10-17(16)28/h3-10,13,20H,11-12H2,1-2H3/t20-/m1/s1. The van der Waals surface area contributed by atoms with Gasteiger partial charge in [0.15, 0.2) is 17.3 Å². The van der Waals surface area contributed by atoms with E-state index < -0.39 is 0 Å². The third-order valence-corrected chi connectivity index (χ3v) is 6.92. The van der Waals surface area contributed by atoms with Crippen molar-refractivity contribution in [3.8, 4) is 17.3 Å². The lowest BCUT2D eigenvalue weighted by Gasteiger charge is -2.37. The van der Waals surface area contributed by atoms with Crippen molar-refractivity contribution in [2.45, 2.75) is 32.6 Å². The summed E-state index contributed by atoms with van der Waals surface area (Å²) in [6.45, 7) is 4.17. The van der Waals surface area contributed by atoms with Gasteiger partial charge in [0.1, 0.15) is 12.1 Å². The molecule has 0 spiro atoms. The molecule has 4 aromatic rings. The van der Waals surface area contributed by atoms with Crippen molar-refractivity contribution < 1.29 is 9.53 Å². The number of hydrogen-bond donors (Lipinski definition) is 0. The van der Waals surface area contributed by atoms with E-state index in [9.17, 15) is 4.79 Å². The Labute approximate surface area is 206 Å². The number of halogens is 2. The molecule has 170 valence electrons. The van der Waals surface area contributed by atoms with Gasteiger partial charge in [-0.1, -0.05) is 67.4 Å². The van der Waals surface area contributed by atoms with E-state index in [1.165, 1.54) is 0 Å². The number of benzene rings is 2. The Bertz CT molecular complexity index is 1510. The van der Waals surface area contributed by atoms with Gasteiger partial charge in [0.05, 0.1) is 10.6 Å². The molecule has 0 saturated carbocycles. The van der Waals surface area contributed by atoms with E-state index in [1.807, 2.05) is 30.3 Å². The van der Waals surface area contributed by atoms with E-state index in [1.54, 1.807) is 29.0 Å². The minimum Gasteiger partial charge on any atom is -0.442 e. The molecule has 3 heterocycles. The van der Waals surface area contributed by atoms with Gasteiger partial charge in [-0.05, 0) is 29.2 Å². The van der Waals surface area contributed by atoms with Crippen molar-refractivity contribution in [3.05, 3.63) is 87.4 Å². The Morgan fingerprint density at radius 3 is 2.65 bits per heavy atom. The fourth-order valence-corrected chi connectivity index (χ4v) is 5.40. The van der Waals surface area contributed by atoms with Gasteiger partial charge < -0.3 is 4.74 Å². The normalized spacial score (nSPS) is 19.1. The molecule has 1 aliphatic heterocycles. The van der Waals surface area contributed by atoms with Gasteiger partial charge in [-0.15, -0.1) is 5.10 Å². The summed E-state index contributed by atoms with van der Waals surface area (Å²) in [6.07, 6.45) is 2.71. The van der Waals surface area contributed by atoms with Gasteiger partial charge in [0, 0.05) is 34.9 Å². The monoisotopic (exact) mass is 490 g/mol. The van der Waals surface area contributed by atoms with Gasteiger partial charge in [0.2, 0.25) is 5.88 Å². The van der Waals surface area contributed by atoms with Crippen molar-refractivity contribution in [2.24, 2.45) is 5.41 Å². The lowest BCUT2D eigenvalue weighted by molar-refractivity contribution is -0.118. The number of hydrogen-bond acceptors (Lipinski definition) is 5. The van der Waals surface area contributed by atoms with E-state index in [4.69, 9.17) is 32.9 Å². The third-order valence-electron chi connectivity index (χ3n) is 6.37. The fourth-order valence-electron chi connectivity index (χ4n) is 4.91. The quantitative estimate of drug-likeness (QED) is 0.331. The van der Waals surface area contributed by atoms with Gasteiger partial charge >= 0.3 is 0 Å². The SMILES string of the molecule is CC1(C)CC(=O)C2=C(C1)Oc1ncn3nc(-c4ccc(Cl)cc4Cl)nc3c1[C@@H]2c1ccccc1. The molecule has 0 unspecified atom stereocenters. The fraction of sp³-hybridized carbons (Fsp3) is 0.231. The van der Waals surface area contributed by atoms with Crippen LogP contribution in [0.1, 0.15) is 43.7 Å². The number of ether oxygens (including phenoxy) is 1. The molecule has 0 radical (unpaired) electrons. The zero-order valence-corrected chi connectivity index (χ0v) is 20.1. The Morgan fingerprint density at radius 2 is 1.88 bits per heavy atom. The number of nitrogens with zero attached hydrogens (tertiary/aromatic N) is 4. The second-order valence-corrected chi connectivity index (χ2v) is 10.4. The number of allylic oxidation sites excluding steroid dienone is 2. The Balaban J connectivity index is 1.60. The molecule has 1 aliphatic carbocycles. The minimum absolute atomic E-state index is 0.0910. The maximum Gasteiger partial charge on any atom is 0.228 e. The Hall–Kier alpha value is -3.22. The first-order valence-corrected chi connectivity index (χ1v) is 11.8. The molecular formula is C26H20Cl2N4O2. The van der Waals surface area contributed by atoms with Gasteiger partial charge in [0.25, 0.3) is 0 Å². The summed E-state index contributed by atoms with van der Waals surface area (Å²) in [6, 6.07) is 15.1. The largest absolute Gasteiger partial charge is 0.442 e. The smallest absolute Gasteiger partial charge is 0.228 e. The summed E-state index contributed by atoms with van der Waals surface area (Å²) in [5.74, 6) is 1.33. The molecular weight excluding hydrogens is 471 g/mol. The zero-order valence-electron chi connectivity index (χ0n) is 18.5. The van der Waals surface area contributed by atoms with Crippen LogP contribution in [0.5, 0.6) is 5.88 Å². The van der Waals surface area contributed by atoms with E-state index in [0.29, 0.717) is 57.1 Å². The number of carbonyl (C=O) groups is 1. The van der Waals surface area contributed by atoms with Crippen LogP contribution in [-0.2, 0) is 4.79 Å². The first-order valence-electron chi connectivity index (χ1n) is 11.0. The summed E-state index contributed by atoms with van der Waals surface area (Å²) < 4.78 is 7.89. The molecule has 2 aliphatic rings. The average molecular weight is 491 g/mol. The van der Waals surface area contributed by atoms with Crippen LogP contribution in [0.4, 0.5) is 0 Å². The topological polar surface area (TPSA) is 69.4 Å². The average Bonchev–Trinajstić information content (AvgIpc) is 3.21. The number of Topliss-reactive ketones (excluding diaryl/α,β-unsaturated/α-hetero) is 1. The molecule has 0 amide bonds. The molecule has 6 rings (SSSR count). The zero-order chi connectivity index (χ0) is 23.6. The molecule has 8 heteroatoms. The minimum atomic E-state index is -0.350. The number of fused-ring (bicyclic) bond motifs is 3. The van der Waals surface area contributed by atoms with Crippen LogP contribution in [0.25, 0.3) is 17.0 Å². The summed E-state index contributed by atoms with van der Waals surface area (Å²) in [7, 11) is 0. The first-order chi connectivity index (χ1) is 16.3. The van der Waals surface area contributed by atoms with Crippen LogP contribution in [0.15, 0.2) is 66.2 Å². The highest BCUT2D eigenvalue weighted by atomic mass is 35.5. The van der Waals surface area contributed by atoms with Crippen LogP contribution >= 0.6 is 23.2 Å². The lowest BCUT2D eigenvalue weighted by Crippen LogP contribution is -2.33.